The second-order valence-corrected chi connectivity index (χ2v) is 12.8. The molecule has 216 valence electrons. The number of nitrogens with zero attached hydrogens (tertiary/aromatic N) is 1. The van der Waals surface area contributed by atoms with Gasteiger partial charge in [0.1, 0.15) is 10.8 Å². The minimum Gasteiger partial charge on any atom is -0.493 e. The average molecular weight is 578 g/mol. The highest BCUT2D eigenvalue weighted by Crippen LogP contribution is 2.38. The van der Waals surface area contributed by atoms with Crippen molar-refractivity contribution in [2.75, 3.05) is 11.9 Å². The van der Waals surface area contributed by atoms with Crippen molar-refractivity contribution in [1.82, 2.24) is 10.3 Å². The number of nitrogens with one attached hydrogen (secondary N) is 2. The Bertz CT molecular complexity index is 1540. The third-order valence-electron chi connectivity index (χ3n) is 8.46. The first kappa shape index (κ1) is 28.4. The Balaban J connectivity index is 1.02. The van der Waals surface area contributed by atoms with Crippen molar-refractivity contribution in [3.8, 4) is 5.75 Å². The van der Waals surface area contributed by atoms with Crippen LogP contribution in [0.2, 0.25) is 0 Å². The summed E-state index contributed by atoms with van der Waals surface area (Å²) in [4.78, 5) is 18.0. The molecule has 6 rings (SSSR count). The van der Waals surface area contributed by atoms with Gasteiger partial charge in [0.2, 0.25) is 5.91 Å². The van der Waals surface area contributed by atoms with Gasteiger partial charge in [-0.3, -0.25) is 4.79 Å². The van der Waals surface area contributed by atoms with Gasteiger partial charge in [-0.25, -0.2) is 4.98 Å². The van der Waals surface area contributed by atoms with Crippen molar-refractivity contribution in [3.05, 3.63) is 107 Å². The summed E-state index contributed by atoms with van der Waals surface area (Å²) >= 11 is 1.71. The van der Waals surface area contributed by atoms with E-state index in [0.29, 0.717) is 30.3 Å². The fourth-order valence-corrected chi connectivity index (χ4v) is 7.29. The monoisotopic (exact) mass is 577 g/mol. The van der Waals surface area contributed by atoms with E-state index in [-0.39, 0.29) is 5.91 Å². The number of hydrogen-bond donors (Lipinski definition) is 2. The molecule has 2 N–H and O–H groups in total. The molecule has 4 atom stereocenters. The summed E-state index contributed by atoms with van der Waals surface area (Å²) in [7, 11) is 0. The summed E-state index contributed by atoms with van der Waals surface area (Å²) in [5, 5.41) is 7.98. The van der Waals surface area contributed by atoms with E-state index >= 15 is 0 Å². The number of benzene rings is 3. The lowest BCUT2D eigenvalue weighted by Gasteiger charge is -2.21. The maximum atomic E-state index is 13.1. The smallest absolute Gasteiger partial charge is 0.228 e. The summed E-state index contributed by atoms with van der Waals surface area (Å²) in [6, 6.07) is 27.5. The third-order valence-corrected chi connectivity index (χ3v) is 9.53. The quantitative estimate of drug-likeness (QED) is 0.200. The molecule has 2 aliphatic rings. The summed E-state index contributed by atoms with van der Waals surface area (Å²) in [6.07, 6.45) is 8.91. The van der Waals surface area contributed by atoms with E-state index in [2.05, 4.69) is 60.9 Å². The fourth-order valence-electron chi connectivity index (χ4n) is 6.14. The van der Waals surface area contributed by atoms with Crippen molar-refractivity contribution < 1.29 is 9.53 Å². The van der Waals surface area contributed by atoms with Crippen molar-refractivity contribution in [2.24, 2.45) is 11.8 Å². The van der Waals surface area contributed by atoms with Crippen LogP contribution in [0.25, 0.3) is 15.8 Å². The molecular weight excluding hydrogens is 538 g/mol. The molecule has 0 bridgehead atoms. The van der Waals surface area contributed by atoms with Crippen LogP contribution in [0.4, 0.5) is 5.69 Å². The number of allylic oxidation sites excluding steroid dienone is 3. The highest BCUT2D eigenvalue weighted by atomic mass is 32.1. The molecule has 0 saturated carbocycles. The number of hydrogen-bond acceptors (Lipinski definition) is 5. The summed E-state index contributed by atoms with van der Waals surface area (Å²) in [6.45, 7) is 5.21. The molecule has 1 saturated heterocycles. The number of amides is 1. The fraction of sp³-hybridized carbons (Fsp3) is 0.333. The van der Waals surface area contributed by atoms with Crippen molar-refractivity contribution in [2.45, 2.75) is 58.0 Å². The number of ether oxygens (including phenoxy) is 1. The number of rotatable bonds is 10. The number of fused-ring (bicyclic) bond motifs is 1. The predicted octanol–water partition coefficient (Wildman–Crippen LogP) is 8.05. The largest absolute Gasteiger partial charge is 0.493 e. The number of aromatic nitrogens is 1. The van der Waals surface area contributed by atoms with E-state index in [9.17, 15) is 4.79 Å². The van der Waals surface area contributed by atoms with Crippen molar-refractivity contribution >= 4 is 38.7 Å². The van der Waals surface area contributed by atoms with Gasteiger partial charge in [0.25, 0.3) is 0 Å². The molecule has 4 unspecified atom stereocenters. The molecule has 1 aromatic heterocycles. The maximum absolute atomic E-state index is 13.1. The van der Waals surface area contributed by atoms with E-state index in [1.54, 1.807) is 11.3 Å². The van der Waals surface area contributed by atoms with Gasteiger partial charge in [0, 0.05) is 23.7 Å². The van der Waals surface area contributed by atoms with Gasteiger partial charge in [-0.05, 0) is 84.7 Å². The second-order valence-electron chi connectivity index (χ2n) is 11.7. The van der Waals surface area contributed by atoms with E-state index in [1.807, 2.05) is 54.6 Å². The molecule has 3 aromatic carbocycles. The number of thiazole rings is 1. The maximum Gasteiger partial charge on any atom is 0.228 e. The summed E-state index contributed by atoms with van der Waals surface area (Å²) < 4.78 is 7.17. The Morgan fingerprint density at radius 2 is 1.83 bits per heavy atom. The Morgan fingerprint density at radius 3 is 2.64 bits per heavy atom. The number of anilines is 1. The van der Waals surface area contributed by atoms with Crippen LogP contribution in [0.15, 0.2) is 96.6 Å². The van der Waals surface area contributed by atoms with Crippen molar-refractivity contribution in [1.29, 1.82) is 0 Å². The molecule has 4 aromatic rings. The number of para-hydroxylation sites is 2. The molecule has 1 aliphatic heterocycles. The highest BCUT2D eigenvalue weighted by Gasteiger charge is 2.28. The molecule has 42 heavy (non-hydrogen) atoms. The van der Waals surface area contributed by atoms with Crippen LogP contribution in [-0.2, 0) is 11.2 Å². The normalized spacial score (nSPS) is 21.0. The van der Waals surface area contributed by atoms with Crippen LogP contribution in [0.1, 0.15) is 50.1 Å². The highest BCUT2D eigenvalue weighted by molar-refractivity contribution is 7.19. The minimum absolute atomic E-state index is 0.00196. The predicted molar refractivity (Wildman–Crippen MR) is 174 cm³/mol. The standard InChI is InChI=1S/C36H39N3O2S/c1-24-9-8-10-27(35(24)36-39-32-13-6-7-14-33(32)42-36)22-34(40)38-28-17-15-26(16-18-28)21-29-19-20-31(37-29)25(2)23-41-30-11-4-3-5-12-30/h3-8,10-18,24-25,29,31,37H,9,19-23H2,1-2H3,(H,38,40). The zero-order valence-electron chi connectivity index (χ0n) is 24.4. The first-order chi connectivity index (χ1) is 20.5. The Labute approximate surface area is 252 Å². The van der Waals surface area contributed by atoms with Gasteiger partial charge in [0.15, 0.2) is 0 Å². The summed E-state index contributed by atoms with van der Waals surface area (Å²) in [5.41, 5.74) is 5.40. The van der Waals surface area contributed by atoms with Crippen LogP contribution in [0.5, 0.6) is 5.75 Å². The van der Waals surface area contributed by atoms with Gasteiger partial charge in [-0.1, -0.05) is 68.5 Å². The molecule has 0 radical (unpaired) electrons. The Hall–Kier alpha value is -3.74. The van der Waals surface area contributed by atoms with E-state index in [1.165, 1.54) is 22.3 Å². The molecule has 6 heteroatoms. The second kappa shape index (κ2) is 13.1. The topological polar surface area (TPSA) is 63.2 Å². The Morgan fingerprint density at radius 1 is 1.05 bits per heavy atom. The SMILES string of the molecule is CC1CC=CC(CC(=O)Nc2ccc(CC3CCC(C(C)COc4ccccc4)N3)cc2)=C1c1nc2ccccc2s1. The first-order valence-electron chi connectivity index (χ1n) is 15.1. The summed E-state index contributed by atoms with van der Waals surface area (Å²) in [5.74, 6) is 1.71. The minimum atomic E-state index is 0.00196. The van der Waals surface area contributed by atoms with Gasteiger partial charge < -0.3 is 15.4 Å². The van der Waals surface area contributed by atoms with E-state index in [4.69, 9.17) is 9.72 Å². The van der Waals surface area contributed by atoms with Gasteiger partial charge in [-0.15, -0.1) is 11.3 Å². The van der Waals surface area contributed by atoms with Crippen LogP contribution in [0.3, 0.4) is 0 Å². The molecule has 5 nitrogen and oxygen atoms in total. The molecule has 2 heterocycles. The average Bonchev–Trinajstić information content (AvgIpc) is 3.65. The molecule has 1 aliphatic carbocycles. The lowest BCUT2D eigenvalue weighted by atomic mass is 9.87. The lowest BCUT2D eigenvalue weighted by Crippen LogP contribution is -2.37. The van der Waals surface area contributed by atoms with E-state index in [0.717, 1.165) is 53.4 Å². The molecule has 0 spiro atoms. The van der Waals surface area contributed by atoms with Crippen molar-refractivity contribution in [3.63, 3.8) is 0 Å². The molecular formula is C36H39N3O2S. The third kappa shape index (κ3) is 6.83. The lowest BCUT2D eigenvalue weighted by molar-refractivity contribution is -0.115. The zero-order valence-corrected chi connectivity index (χ0v) is 25.2. The van der Waals surface area contributed by atoms with Crippen LogP contribution < -0.4 is 15.4 Å². The molecule has 1 fully saturated rings. The van der Waals surface area contributed by atoms with Gasteiger partial charge in [-0.2, -0.15) is 0 Å². The number of carbonyl (C=O) groups is 1. The Kier molecular flexibility index (Phi) is 8.82. The van der Waals surface area contributed by atoms with Gasteiger partial charge >= 0.3 is 0 Å². The van der Waals surface area contributed by atoms with Crippen LogP contribution in [-0.4, -0.2) is 29.6 Å². The molecule has 1 amide bonds. The van der Waals surface area contributed by atoms with Gasteiger partial charge in [0.05, 0.1) is 23.2 Å². The number of carbonyl (C=O) groups excluding carboxylic acids is 1. The van der Waals surface area contributed by atoms with E-state index < -0.39 is 0 Å². The zero-order chi connectivity index (χ0) is 28.9. The van der Waals surface area contributed by atoms with Crippen LogP contribution >= 0.6 is 11.3 Å². The van der Waals surface area contributed by atoms with Crippen LogP contribution in [0, 0.1) is 11.8 Å². The first-order valence-corrected chi connectivity index (χ1v) is 15.9.